The molecule has 2 heterocycles. The number of fused-ring (bicyclic) bond motifs is 1. The van der Waals surface area contributed by atoms with Gasteiger partial charge in [0, 0.05) is 13.2 Å². The number of aromatic nitrogens is 4. The zero-order valence-corrected chi connectivity index (χ0v) is 7.52. The Morgan fingerprint density at radius 1 is 1.57 bits per heavy atom. The second-order valence-corrected chi connectivity index (χ2v) is 2.82. The molecule has 0 aliphatic rings. The van der Waals surface area contributed by atoms with E-state index in [4.69, 9.17) is 0 Å². The molecular weight excluding hydrogens is 184 g/mol. The zero-order chi connectivity index (χ0) is 10.3. The summed E-state index contributed by atoms with van der Waals surface area (Å²) in [5, 5.41) is 0. The van der Waals surface area contributed by atoms with Gasteiger partial charge >= 0.3 is 5.69 Å². The maximum Gasteiger partial charge on any atom is 0.329 e. The topological polar surface area (TPSA) is 72.7 Å². The Balaban J connectivity index is 3.13. The highest BCUT2D eigenvalue weighted by Crippen LogP contribution is 2.03. The van der Waals surface area contributed by atoms with Crippen LogP contribution in [0.2, 0.25) is 0 Å². The smallest absolute Gasteiger partial charge is 0.300 e. The van der Waals surface area contributed by atoms with Crippen molar-refractivity contribution >= 4 is 17.4 Å². The second-order valence-electron chi connectivity index (χ2n) is 2.82. The van der Waals surface area contributed by atoms with Crippen molar-refractivity contribution in [3.05, 3.63) is 33.7 Å². The minimum Gasteiger partial charge on any atom is -0.300 e. The molecule has 0 atom stereocenters. The van der Waals surface area contributed by atoms with Crippen molar-refractivity contribution in [1.29, 1.82) is 0 Å². The third-order valence-electron chi connectivity index (χ3n) is 2.03. The van der Waals surface area contributed by atoms with Gasteiger partial charge in [0.25, 0.3) is 5.56 Å². The first-order valence-electron chi connectivity index (χ1n) is 3.93. The average molecular weight is 192 g/mol. The number of hydrogen-bond acceptors (Lipinski definition) is 3. The van der Waals surface area contributed by atoms with E-state index in [9.17, 15) is 9.59 Å². The molecule has 0 saturated carbocycles. The molecule has 0 aliphatic carbocycles. The second kappa shape index (κ2) is 2.69. The number of aryl methyl sites for hydroxylation is 1. The van der Waals surface area contributed by atoms with Gasteiger partial charge in [0.05, 0.1) is 0 Å². The first kappa shape index (κ1) is 8.49. The van der Waals surface area contributed by atoms with Crippen LogP contribution in [0.25, 0.3) is 17.4 Å². The first-order chi connectivity index (χ1) is 6.65. The number of H-pyrrole nitrogens is 1. The maximum atomic E-state index is 11.4. The SMILES string of the molecule is C=Cn1cnc2c1c(=O)[nH]c(=O)n2C. The van der Waals surface area contributed by atoms with Crippen molar-refractivity contribution in [3.8, 4) is 0 Å². The van der Waals surface area contributed by atoms with Crippen LogP contribution in [-0.2, 0) is 7.05 Å². The summed E-state index contributed by atoms with van der Waals surface area (Å²) in [5.74, 6) is 0. The Hall–Kier alpha value is -2.11. The lowest BCUT2D eigenvalue weighted by molar-refractivity contribution is 0.832. The molecular formula is C8H8N4O2. The van der Waals surface area contributed by atoms with E-state index in [1.807, 2.05) is 0 Å². The van der Waals surface area contributed by atoms with Crippen LogP contribution in [0.3, 0.4) is 0 Å². The van der Waals surface area contributed by atoms with Crippen LogP contribution in [0, 0.1) is 0 Å². The van der Waals surface area contributed by atoms with Gasteiger partial charge < -0.3 is 4.57 Å². The van der Waals surface area contributed by atoms with Crippen molar-refractivity contribution in [2.45, 2.75) is 0 Å². The van der Waals surface area contributed by atoms with Crippen LogP contribution in [-0.4, -0.2) is 19.1 Å². The maximum absolute atomic E-state index is 11.4. The number of rotatable bonds is 1. The lowest BCUT2D eigenvalue weighted by Crippen LogP contribution is -2.28. The Kier molecular flexibility index (Phi) is 1.63. The number of aromatic amines is 1. The molecule has 0 aliphatic heterocycles. The van der Waals surface area contributed by atoms with Crippen LogP contribution >= 0.6 is 0 Å². The van der Waals surface area contributed by atoms with E-state index in [0.29, 0.717) is 11.2 Å². The molecule has 6 nitrogen and oxygen atoms in total. The lowest BCUT2D eigenvalue weighted by Gasteiger charge is -1.97. The third kappa shape index (κ3) is 0.936. The van der Waals surface area contributed by atoms with Gasteiger partial charge in [-0.1, -0.05) is 6.58 Å². The summed E-state index contributed by atoms with van der Waals surface area (Å²) in [5.41, 5.74) is -0.266. The summed E-state index contributed by atoms with van der Waals surface area (Å²) in [4.78, 5) is 28.7. The van der Waals surface area contributed by atoms with Gasteiger partial charge in [-0.2, -0.15) is 0 Å². The van der Waals surface area contributed by atoms with E-state index in [-0.39, 0.29) is 0 Å². The minimum absolute atomic E-state index is 0.321. The molecule has 0 aromatic carbocycles. The van der Waals surface area contributed by atoms with E-state index in [1.165, 1.54) is 21.7 Å². The van der Waals surface area contributed by atoms with E-state index in [0.717, 1.165) is 0 Å². The minimum atomic E-state index is -0.475. The fourth-order valence-corrected chi connectivity index (χ4v) is 1.29. The molecule has 0 radical (unpaired) electrons. The monoisotopic (exact) mass is 192 g/mol. The molecule has 72 valence electrons. The predicted molar refractivity (Wildman–Crippen MR) is 52.0 cm³/mol. The average Bonchev–Trinajstić information content (AvgIpc) is 2.58. The fourth-order valence-electron chi connectivity index (χ4n) is 1.29. The molecule has 2 aromatic heterocycles. The fraction of sp³-hybridized carbons (Fsp3) is 0.125. The molecule has 6 heteroatoms. The Morgan fingerprint density at radius 2 is 2.29 bits per heavy atom. The quantitative estimate of drug-likeness (QED) is 0.663. The molecule has 2 aromatic rings. The van der Waals surface area contributed by atoms with Crippen molar-refractivity contribution < 1.29 is 0 Å². The van der Waals surface area contributed by atoms with Crippen molar-refractivity contribution in [1.82, 2.24) is 19.1 Å². The van der Waals surface area contributed by atoms with Gasteiger partial charge in [-0.15, -0.1) is 0 Å². The summed E-state index contributed by atoms with van der Waals surface area (Å²) in [6.45, 7) is 3.53. The molecule has 0 unspecified atom stereocenters. The van der Waals surface area contributed by atoms with Crippen LogP contribution in [0.4, 0.5) is 0 Å². The molecule has 0 bridgehead atoms. The van der Waals surface area contributed by atoms with Gasteiger partial charge in [-0.3, -0.25) is 14.3 Å². The number of imidazole rings is 1. The predicted octanol–water partition coefficient (Wildman–Crippen LogP) is -0.476. The van der Waals surface area contributed by atoms with Crippen molar-refractivity contribution in [3.63, 3.8) is 0 Å². The standard InChI is InChI=1S/C8H8N4O2/c1-3-12-4-9-6-5(12)7(13)10-8(14)11(6)2/h3-4H,1H2,2H3,(H,10,13,14). The summed E-state index contributed by atoms with van der Waals surface area (Å²) < 4.78 is 2.74. The van der Waals surface area contributed by atoms with Crippen molar-refractivity contribution in [2.75, 3.05) is 0 Å². The summed E-state index contributed by atoms with van der Waals surface area (Å²) in [7, 11) is 1.54. The van der Waals surface area contributed by atoms with Gasteiger partial charge in [0.15, 0.2) is 11.2 Å². The van der Waals surface area contributed by atoms with Crippen LogP contribution < -0.4 is 11.2 Å². The summed E-state index contributed by atoms with van der Waals surface area (Å²) in [6, 6.07) is 0. The highest BCUT2D eigenvalue weighted by molar-refractivity contribution is 5.72. The van der Waals surface area contributed by atoms with Gasteiger partial charge in [-0.25, -0.2) is 9.78 Å². The highest BCUT2D eigenvalue weighted by Gasteiger charge is 2.08. The van der Waals surface area contributed by atoms with E-state index < -0.39 is 11.2 Å². The molecule has 0 spiro atoms. The van der Waals surface area contributed by atoms with Crippen LogP contribution in [0.5, 0.6) is 0 Å². The molecule has 0 fully saturated rings. The first-order valence-corrected chi connectivity index (χ1v) is 3.93. The molecule has 14 heavy (non-hydrogen) atoms. The third-order valence-corrected chi connectivity index (χ3v) is 2.03. The van der Waals surface area contributed by atoms with Gasteiger partial charge in [-0.05, 0) is 0 Å². The summed E-state index contributed by atoms with van der Waals surface area (Å²) >= 11 is 0. The van der Waals surface area contributed by atoms with E-state index >= 15 is 0 Å². The molecule has 2 rings (SSSR count). The Labute approximate surface area is 78.1 Å². The Bertz CT molecular complexity index is 616. The van der Waals surface area contributed by atoms with Gasteiger partial charge in [0.2, 0.25) is 0 Å². The highest BCUT2D eigenvalue weighted by atomic mass is 16.2. The van der Waals surface area contributed by atoms with Gasteiger partial charge in [0.1, 0.15) is 6.33 Å². The largest absolute Gasteiger partial charge is 0.329 e. The number of nitrogens with one attached hydrogen (secondary N) is 1. The lowest BCUT2D eigenvalue weighted by atomic mass is 10.5. The van der Waals surface area contributed by atoms with E-state index in [2.05, 4.69) is 16.5 Å². The summed E-state index contributed by atoms with van der Waals surface area (Å²) in [6.07, 6.45) is 2.89. The number of hydrogen-bond donors (Lipinski definition) is 1. The Morgan fingerprint density at radius 3 is 2.93 bits per heavy atom. The molecule has 1 N–H and O–H groups in total. The van der Waals surface area contributed by atoms with Crippen LogP contribution in [0.1, 0.15) is 0 Å². The van der Waals surface area contributed by atoms with E-state index in [1.54, 1.807) is 7.05 Å². The van der Waals surface area contributed by atoms with Crippen LogP contribution in [0.15, 0.2) is 22.5 Å². The molecule has 0 amide bonds. The normalized spacial score (nSPS) is 10.6. The molecule has 0 saturated heterocycles. The van der Waals surface area contributed by atoms with Crippen molar-refractivity contribution in [2.24, 2.45) is 7.05 Å². The zero-order valence-electron chi connectivity index (χ0n) is 7.52. The number of nitrogens with zero attached hydrogens (tertiary/aromatic N) is 3.